The van der Waals surface area contributed by atoms with Crippen molar-refractivity contribution in [2.24, 2.45) is 0 Å². The van der Waals surface area contributed by atoms with Crippen molar-refractivity contribution in [3.05, 3.63) is 64.7 Å². The van der Waals surface area contributed by atoms with E-state index in [1.165, 1.54) is 0 Å². The topological polar surface area (TPSA) is 88.2 Å². The normalized spacial score (nSPS) is 20.2. The number of aliphatic hydroxyl groups excluding tert-OH is 1. The number of rotatable bonds is 15. The van der Waals surface area contributed by atoms with E-state index in [1.807, 2.05) is 25.1 Å². The number of hydrogen-bond donors (Lipinski definition) is 2. The number of unbranched alkanes of at least 4 members (excludes halogenated alkanes) is 1. The molecule has 1 saturated heterocycles. The van der Waals surface area contributed by atoms with Gasteiger partial charge in [0.2, 0.25) is 0 Å². The zero-order valence-electron chi connectivity index (χ0n) is 20.5. The SMILES string of the molecule is COCCOCOc1c(C)cc(C)cc1C(CCCCC(=O)O)N1CC1(CO)c1ccccc1. The van der Waals surface area contributed by atoms with E-state index < -0.39 is 11.5 Å². The summed E-state index contributed by atoms with van der Waals surface area (Å²) >= 11 is 0. The predicted molar refractivity (Wildman–Crippen MR) is 130 cm³/mol. The van der Waals surface area contributed by atoms with Crippen molar-refractivity contribution in [1.82, 2.24) is 4.90 Å². The molecule has 2 aromatic carbocycles. The Kier molecular flexibility index (Phi) is 9.47. The zero-order chi connectivity index (χ0) is 24.6. The first-order valence-corrected chi connectivity index (χ1v) is 11.9. The van der Waals surface area contributed by atoms with Crippen molar-refractivity contribution in [1.29, 1.82) is 0 Å². The number of methoxy groups -OCH3 is 1. The van der Waals surface area contributed by atoms with Crippen LogP contribution in [0.5, 0.6) is 5.75 Å². The second kappa shape index (κ2) is 12.3. The van der Waals surface area contributed by atoms with Crippen LogP contribution in [0.25, 0.3) is 0 Å². The average molecular weight is 472 g/mol. The molecule has 0 amide bonds. The van der Waals surface area contributed by atoms with Gasteiger partial charge in [-0.15, -0.1) is 0 Å². The molecule has 1 aliphatic rings. The molecule has 34 heavy (non-hydrogen) atoms. The summed E-state index contributed by atoms with van der Waals surface area (Å²) in [5, 5.41) is 19.5. The Balaban J connectivity index is 1.89. The molecular formula is C27H37NO6. The molecule has 1 fully saturated rings. The van der Waals surface area contributed by atoms with Gasteiger partial charge in [-0.05, 0) is 37.8 Å². The van der Waals surface area contributed by atoms with Crippen molar-refractivity contribution in [2.75, 3.05) is 40.3 Å². The molecule has 0 bridgehead atoms. The van der Waals surface area contributed by atoms with Crippen molar-refractivity contribution in [3.8, 4) is 5.75 Å². The van der Waals surface area contributed by atoms with Crippen LogP contribution in [0.2, 0.25) is 0 Å². The summed E-state index contributed by atoms with van der Waals surface area (Å²) in [6, 6.07) is 14.3. The maximum atomic E-state index is 11.0. The molecule has 1 heterocycles. The Morgan fingerprint density at radius 2 is 1.91 bits per heavy atom. The van der Waals surface area contributed by atoms with E-state index in [2.05, 4.69) is 36.1 Å². The van der Waals surface area contributed by atoms with Gasteiger partial charge in [0.15, 0.2) is 6.79 Å². The summed E-state index contributed by atoms with van der Waals surface area (Å²) in [6.45, 7) is 5.91. The van der Waals surface area contributed by atoms with Gasteiger partial charge in [-0.2, -0.15) is 0 Å². The standard InChI is InChI=1S/C27H37NO6/c1-20-15-21(2)26(34-19-33-14-13-32-3)23(16-20)24(11-7-8-12-25(30)31)28-17-27(28,18-29)22-9-5-4-6-10-22/h4-6,9-10,15-16,24,29H,7-8,11-14,17-19H2,1-3H3,(H,30,31). The molecule has 0 aliphatic carbocycles. The number of ether oxygens (including phenoxy) is 3. The van der Waals surface area contributed by atoms with E-state index in [0.29, 0.717) is 19.6 Å². The van der Waals surface area contributed by atoms with Crippen LogP contribution in [0.4, 0.5) is 0 Å². The number of carbonyl (C=O) groups is 1. The first kappa shape index (κ1) is 26.2. The summed E-state index contributed by atoms with van der Waals surface area (Å²) in [6.07, 6.45) is 2.30. The second-order valence-corrected chi connectivity index (χ2v) is 9.00. The maximum absolute atomic E-state index is 11.0. The molecule has 7 heteroatoms. The van der Waals surface area contributed by atoms with Crippen molar-refractivity contribution < 1.29 is 29.2 Å². The highest BCUT2D eigenvalue weighted by atomic mass is 16.7. The van der Waals surface area contributed by atoms with Crippen molar-refractivity contribution >= 4 is 5.97 Å². The summed E-state index contributed by atoms with van der Waals surface area (Å²) in [4.78, 5) is 13.4. The molecular weight excluding hydrogens is 434 g/mol. The molecule has 0 spiro atoms. The van der Waals surface area contributed by atoms with Gasteiger partial charge in [0.25, 0.3) is 0 Å². The van der Waals surface area contributed by atoms with Gasteiger partial charge in [0, 0.05) is 31.7 Å². The Bertz CT molecular complexity index is 934. The number of aliphatic carboxylic acids is 1. The summed E-state index contributed by atoms with van der Waals surface area (Å²) in [5.74, 6) is 0.0129. The Labute approximate surface area is 202 Å². The molecule has 3 rings (SSSR count). The van der Waals surface area contributed by atoms with E-state index in [1.54, 1.807) is 7.11 Å². The lowest BCUT2D eigenvalue weighted by Crippen LogP contribution is -2.25. The van der Waals surface area contributed by atoms with Gasteiger partial charge in [0.1, 0.15) is 5.75 Å². The Morgan fingerprint density at radius 3 is 2.59 bits per heavy atom. The van der Waals surface area contributed by atoms with E-state index in [9.17, 15) is 9.90 Å². The van der Waals surface area contributed by atoms with Gasteiger partial charge >= 0.3 is 5.97 Å². The monoisotopic (exact) mass is 471 g/mol. The Hall–Kier alpha value is -2.45. The minimum Gasteiger partial charge on any atom is -0.481 e. The third-order valence-corrected chi connectivity index (χ3v) is 6.47. The molecule has 3 unspecified atom stereocenters. The molecule has 3 atom stereocenters. The molecule has 0 saturated carbocycles. The third-order valence-electron chi connectivity index (χ3n) is 6.47. The van der Waals surface area contributed by atoms with Crippen LogP contribution >= 0.6 is 0 Å². The van der Waals surface area contributed by atoms with Crippen molar-refractivity contribution in [2.45, 2.75) is 51.1 Å². The van der Waals surface area contributed by atoms with E-state index >= 15 is 0 Å². The molecule has 186 valence electrons. The van der Waals surface area contributed by atoms with Crippen LogP contribution in [0.15, 0.2) is 42.5 Å². The van der Waals surface area contributed by atoms with Gasteiger partial charge in [-0.3, -0.25) is 9.69 Å². The van der Waals surface area contributed by atoms with Gasteiger partial charge in [0.05, 0.1) is 25.4 Å². The summed E-state index contributed by atoms with van der Waals surface area (Å²) in [5.41, 5.74) is 3.85. The summed E-state index contributed by atoms with van der Waals surface area (Å²) in [7, 11) is 1.63. The fourth-order valence-corrected chi connectivity index (χ4v) is 4.72. The lowest BCUT2D eigenvalue weighted by Gasteiger charge is -2.27. The predicted octanol–water partition coefficient (Wildman–Crippen LogP) is 4.19. The first-order chi connectivity index (χ1) is 16.4. The first-order valence-electron chi connectivity index (χ1n) is 11.9. The maximum Gasteiger partial charge on any atom is 0.303 e. The molecule has 2 aromatic rings. The van der Waals surface area contributed by atoms with Crippen LogP contribution in [-0.4, -0.2) is 61.4 Å². The molecule has 7 nitrogen and oxygen atoms in total. The molecule has 2 N–H and O–H groups in total. The fourth-order valence-electron chi connectivity index (χ4n) is 4.72. The van der Waals surface area contributed by atoms with Crippen LogP contribution in [0, 0.1) is 13.8 Å². The van der Waals surface area contributed by atoms with E-state index in [0.717, 1.165) is 47.4 Å². The lowest BCUT2D eigenvalue weighted by molar-refractivity contribution is -0.137. The lowest BCUT2D eigenvalue weighted by atomic mass is 9.93. The quantitative estimate of drug-likeness (QED) is 0.229. The van der Waals surface area contributed by atoms with E-state index in [-0.39, 0.29) is 25.9 Å². The number of aliphatic hydroxyl groups is 1. The smallest absolute Gasteiger partial charge is 0.303 e. The number of carboxylic acids is 1. The molecule has 1 aliphatic heterocycles. The second-order valence-electron chi connectivity index (χ2n) is 9.00. The highest BCUT2D eigenvalue weighted by molar-refractivity contribution is 5.66. The highest BCUT2D eigenvalue weighted by Crippen LogP contribution is 2.51. The largest absolute Gasteiger partial charge is 0.481 e. The average Bonchev–Trinajstić information content (AvgIpc) is 3.56. The number of aryl methyl sites for hydroxylation is 2. The van der Waals surface area contributed by atoms with Crippen LogP contribution in [-0.2, 0) is 19.8 Å². The number of carboxylic acid groups (broad SMARTS) is 1. The third kappa shape index (κ3) is 6.36. The van der Waals surface area contributed by atoms with Crippen LogP contribution in [0.1, 0.15) is 54.0 Å². The highest BCUT2D eigenvalue weighted by Gasteiger charge is 2.56. The molecule has 0 aromatic heterocycles. The summed E-state index contributed by atoms with van der Waals surface area (Å²) < 4.78 is 16.7. The van der Waals surface area contributed by atoms with Gasteiger partial charge in [-0.1, -0.05) is 54.4 Å². The number of hydrogen-bond acceptors (Lipinski definition) is 6. The van der Waals surface area contributed by atoms with Crippen LogP contribution in [0.3, 0.4) is 0 Å². The van der Waals surface area contributed by atoms with Gasteiger partial charge in [-0.25, -0.2) is 0 Å². The zero-order valence-corrected chi connectivity index (χ0v) is 20.5. The fraction of sp³-hybridized carbons (Fsp3) is 0.519. The number of nitrogens with zero attached hydrogens (tertiary/aromatic N) is 1. The van der Waals surface area contributed by atoms with Gasteiger partial charge < -0.3 is 24.4 Å². The number of benzene rings is 2. The minimum absolute atomic E-state index is 0.0176. The van der Waals surface area contributed by atoms with Crippen LogP contribution < -0.4 is 4.74 Å². The van der Waals surface area contributed by atoms with Crippen molar-refractivity contribution in [3.63, 3.8) is 0 Å². The van der Waals surface area contributed by atoms with E-state index in [4.69, 9.17) is 19.3 Å². The molecule has 0 radical (unpaired) electrons. The minimum atomic E-state index is -0.777. The Morgan fingerprint density at radius 1 is 1.15 bits per heavy atom.